The lowest BCUT2D eigenvalue weighted by molar-refractivity contribution is 0.0935. The number of benzene rings is 4. The standard InChI is InChI=1S/C72H118O13Si2/c1-61(2,3)73-45-37-49(77-65(13,14)15)57(81-69(25,26)27)53(41-45)86(54-42-46(74-62(4,5)6)38-50(78-66(16,17)18)58(54)82-70(28,29)30)85-87(55-43-47(75-63(7,8)9)39-51(79-67(19,20)21)59(55)83-71(31,32)33)56-44-48(76-64(10,11)12)40-52(80-68(22,23)24)60(56)84-72(34,35)36/h37-44,86-87H,1-36H3. The summed E-state index contributed by atoms with van der Waals surface area (Å²) in [5.41, 5.74) is -8.52. The van der Waals surface area contributed by atoms with Crippen LogP contribution in [-0.4, -0.2) is 85.3 Å². The van der Waals surface area contributed by atoms with Crippen LogP contribution < -0.4 is 77.6 Å². The molecule has 0 fully saturated rings. The van der Waals surface area contributed by atoms with Crippen molar-refractivity contribution < 1.29 is 61.0 Å². The van der Waals surface area contributed by atoms with Crippen LogP contribution in [0.4, 0.5) is 0 Å². The molecular weight excluding hydrogens is 1130 g/mol. The van der Waals surface area contributed by atoms with E-state index in [0.29, 0.717) is 89.7 Å². The van der Waals surface area contributed by atoms with Gasteiger partial charge in [-0.15, -0.1) is 0 Å². The largest absolute Gasteiger partial charge is 0.488 e. The van der Waals surface area contributed by atoms with E-state index in [1.54, 1.807) is 0 Å². The summed E-state index contributed by atoms with van der Waals surface area (Å²) in [5, 5.41) is 2.76. The molecule has 0 unspecified atom stereocenters. The van der Waals surface area contributed by atoms with Gasteiger partial charge in [-0.25, -0.2) is 0 Å². The fourth-order valence-electron chi connectivity index (χ4n) is 8.87. The van der Waals surface area contributed by atoms with Crippen LogP contribution in [0, 0.1) is 0 Å². The van der Waals surface area contributed by atoms with E-state index in [0.717, 1.165) is 0 Å². The highest BCUT2D eigenvalue weighted by Gasteiger charge is 2.43. The molecule has 0 heterocycles. The minimum atomic E-state index is -3.65. The molecule has 492 valence electrons. The summed E-state index contributed by atoms with van der Waals surface area (Å²) in [5.74, 6) is 5.95. The molecular formula is C72H118O13Si2. The maximum Gasteiger partial charge on any atom is 0.236 e. The fourth-order valence-corrected chi connectivity index (χ4v) is 16.0. The summed E-state index contributed by atoms with van der Waals surface area (Å²) in [7, 11) is -7.30. The van der Waals surface area contributed by atoms with Gasteiger partial charge in [0.15, 0.2) is 46.0 Å². The van der Waals surface area contributed by atoms with Gasteiger partial charge >= 0.3 is 0 Å². The van der Waals surface area contributed by atoms with Crippen molar-refractivity contribution in [3.05, 3.63) is 48.5 Å². The Morgan fingerprint density at radius 2 is 0.322 bits per heavy atom. The maximum atomic E-state index is 8.81. The Labute approximate surface area is 531 Å². The zero-order valence-corrected chi connectivity index (χ0v) is 63.4. The Hall–Kier alpha value is -5.13. The van der Waals surface area contributed by atoms with Gasteiger partial charge in [-0.05, 0) is 274 Å². The molecule has 0 amide bonds. The van der Waals surface area contributed by atoms with Crippen molar-refractivity contribution in [2.45, 2.75) is 316 Å². The number of hydrogen-bond donors (Lipinski definition) is 0. The van der Waals surface area contributed by atoms with Crippen molar-refractivity contribution in [3.8, 4) is 69.0 Å². The summed E-state index contributed by atoms with van der Waals surface area (Å²) < 4.78 is 94.7. The maximum absolute atomic E-state index is 8.81. The van der Waals surface area contributed by atoms with Crippen LogP contribution in [0.15, 0.2) is 48.5 Å². The molecule has 0 aliphatic carbocycles. The van der Waals surface area contributed by atoms with Gasteiger partial charge in [-0.1, -0.05) is 0 Å². The second-order valence-electron chi connectivity index (χ2n) is 34.8. The highest BCUT2D eigenvalue weighted by molar-refractivity contribution is 6.93. The Kier molecular flexibility index (Phi) is 21.9. The molecule has 15 heteroatoms. The van der Waals surface area contributed by atoms with E-state index >= 15 is 0 Å². The zero-order valence-electron chi connectivity index (χ0n) is 61.1. The number of rotatable bonds is 18. The molecule has 0 bridgehead atoms. The molecule has 0 N–H and O–H groups in total. The Bertz CT molecular complexity index is 2570. The molecule has 0 saturated carbocycles. The van der Waals surface area contributed by atoms with E-state index in [1.165, 1.54) is 0 Å². The first-order valence-corrected chi connectivity index (χ1v) is 34.4. The first kappa shape index (κ1) is 74.3. The molecule has 0 spiro atoms. The van der Waals surface area contributed by atoms with Crippen molar-refractivity contribution in [2.24, 2.45) is 0 Å². The predicted octanol–water partition coefficient (Wildman–Crippen LogP) is 16.2. The molecule has 4 aromatic carbocycles. The van der Waals surface area contributed by atoms with Gasteiger partial charge in [-0.3, -0.25) is 0 Å². The van der Waals surface area contributed by atoms with Gasteiger partial charge < -0.3 is 61.0 Å². The predicted molar refractivity (Wildman–Crippen MR) is 364 cm³/mol. The number of hydrogen-bond acceptors (Lipinski definition) is 13. The first-order chi connectivity index (χ1) is 38.5. The average Bonchev–Trinajstić information content (AvgIpc) is 0.872. The van der Waals surface area contributed by atoms with Crippen LogP contribution in [0.5, 0.6) is 69.0 Å². The monoisotopic (exact) mass is 1250 g/mol. The van der Waals surface area contributed by atoms with E-state index in [2.05, 4.69) is 24.3 Å². The molecule has 0 radical (unpaired) electrons. The first-order valence-electron chi connectivity index (χ1n) is 31.1. The second kappa shape index (κ2) is 25.6. The lowest BCUT2D eigenvalue weighted by Gasteiger charge is -2.37. The summed E-state index contributed by atoms with van der Waals surface area (Å²) >= 11 is 0. The highest BCUT2D eigenvalue weighted by atomic mass is 28.4. The van der Waals surface area contributed by atoms with E-state index in [-0.39, 0.29) is 0 Å². The fraction of sp³-hybridized carbons (Fsp3) is 0.667. The van der Waals surface area contributed by atoms with Crippen LogP contribution in [0.2, 0.25) is 0 Å². The van der Waals surface area contributed by atoms with Gasteiger partial charge in [0, 0.05) is 45.0 Å². The van der Waals surface area contributed by atoms with Crippen molar-refractivity contribution in [1.29, 1.82) is 0 Å². The van der Waals surface area contributed by atoms with Gasteiger partial charge in [-0.2, -0.15) is 0 Å². The molecule has 0 saturated heterocycles. The average molecular weight is 1250 g/mol. The minimum Gasteiger partial charge on any atom is -0.488 e. The molecule has 0 aromatic heterocycles. The zero-order chi connectivity index (χ0) is 67.2. The van der Waals surface area contributed by atoms with Gasteiger partial charge in [0.1, 0.15) is 90.2 Å². The van der Waals surface area contributed by atoms with Crippen molar-refractivity contribution in [3.63, 3.8) is 0 Å². The Morgan fingerprint density at radius 3 is 0.448 bits per heavy atom. The Balaban J connectivity index is 2.73. The van der Waals surface area contributed by atoms with Gasteiger partial charge in [0.25, 0.3) is 0 Å². The van der Waals surface area contributed by atoms with Crippen molar-refractivity contribution in [2.75, 3.05) is 0 Å². The smallest absolute Gasteiger partial charge is 0.236 e. The normalized spacial score (nSPS) is 13.8. The SMILES string of the molecule is CC(C)(C)Oc1cc(OC(C)(C)C)c(OC(C)(C)C)c([SiH](O[SiH](c2cc(OC(C)(C)C)cc(OC(C)(C)C)c2OC(C)(C)C)c2cc(OC(C)(C)C)cc(OC(C)(C)C)c2OC(C)(C)C)c2cc(OC(C)(C)C)cc(OC(C)(C)C)c2OC(C)(C)C)c1. The molecule has 4 aromatic rings. The van der Waals surface area contributed by atoms with Gasteiger partial charge in [0.05, 0.1) is 0 Å². The van der Waals surface area contributed by atoms with E-state index < -0.39 is 85.3 Å². The molecule has 0 aliphatic rings. The summed E-state index contributed by atoms with van der Waals surface area (Å²) in [6.45, 7) is 73.2. The van der Waals surface area contributed by atoms with Gasteiger partial charge in [0.2, 0.25) is 18.1 Å². The molecule has 87 heavy (non-hydrogen) atoms. The van der Waals surface area contributed by atoms with Crippen LogP contribution in [0.1, 0.15) is 249 Å². The summed E-state index contributed by atoms with van der Waals surface area (Å²) in [6.07, 6.45) is 0. The molecule has 4 rings (SSSR count). The third-order valence-electron chi connectivity index (χ3n) is 10.6. The lowest BCUT2D eigenvalue weighted by Crippen LogP contribution is -2.58. The Morgan fingerprint density at radius 1 is 0.184 bits per heavy atom. The van der Waals surface area contributed by atoms with Crippen LogP contribution in [-0.2, 0) is 4.12 Å². The van der Waals surface area contributed by atoms with Crippen LogP contribution in [0.25, 0.3) is 0 Å². The lowest BCUT2D eigenvalue weighted by atomic mass is 10.1. The van der Waals surface area contributed by atoms with Crippen LogP contribution in [0.3, 0.4) is 0 Å². The molecule has 13 nitrogen and oxygen atoms in total. The molecule has 0 atom stereocenters. The highest BCUT2D eigenvalue weighted by Crippen LogP contribution is 2.44. The molecule has 0 aliphatic heterocycles. The minimum absolute atomic E-state index is 0.469. The second-order valence-corrected chi connectivity index (χ2v) is 39.9. The van der Waals surface area contributed by atoms with E-state index in [9.17, 15) is 0 Å². The van der Waals surface area contributed by atoms with Crippen molar-refractivity contribution >= 4 is 38.8 Å². The topological polar surface area (TPSA) is 120 Å². The summed E-state index contributed by atoms with van der Waals surface area (Å²) in [4.78, 5) is 0. The summed E-state index contributed by atoms with van der Waals surface area (Å²) in [6, 6.07) is 16.0. The van der Waals surface area contributed by atoms with Crippen molar-refractivity contribution in [1.82, 2.24) is 0 Å². The third-order valence-corrected chi connectivity index (χ3v) is 16.8. The van der Waals surface area contributed by atoms with E-state index in [4.69, 9.17) is 61.0 Å². The third kappa shape index (κ3) is 26.1. The quantitative estimate of drug-likeness (QED) is 0.0880. The van der Waals surface area contributed by atoms with Crippen LogP contribution >= 0.6 is 0 Å². The number of ether oxygens (including phenoxy) is 12. The van der Waals surface area contributed by atoms with E-state index in [1.807, 2.05) is 274 Å².